The lowest BCUT2D eigenvalue weighted by Gasteiger charge is -2.15. The minimum absolute atomic E-state index is 0.133. The normalized spacial score (nSPS) is 14.9. The molecule has 1 aliphatic heterocycles. The summed E-state index contributed by atoms with van der Waals surface area (Å²) in [5.41, 5.74) is 1.98. The van der Waals surface area contributed by atoms with E-state index in [2.05, 4.69) is 0 Å². The number of sulfonamides is 1. The maximum Gasteiger partial charge on any atom is 0.261 e. The molecule has 1 saturated heterocycles. The first-order valence-corrected chi connectivity index (χ1v) is 13.0. The number of hydrogen-bond donors (Lipinski definition) is 0. The zero-order chi connectivity index (χ0) is 24.3. The number of aryl methyl sites for hydroxylation is 1. The minimum Gasteiger partial charge on any atom is -0.296 e. The largest absolute Gasteiger partial charge is 0.296 e. The predicted octanol–water partition coefficient (Wildman–Crippen LogP) is 3.96. The van der Waals surface area contributed by atoms with Crippen LogP contribution in [0.2, 0.25) is 0 Å². The fourth-order valence-electron chi connectivity index (χ4n) is 5.14. The van der Waals surface area contributed by atoms with Crippen molar-refractivity contribution in [3.8, 4) is 0 Å². The van der Waals surface area contributed by atoms with Gasteiger partial charge in [0, 0.05) is 36.5 Å². The van der Waals surface area contributed by atoms with Crippen molar-refractivity contribution >= 4 is 43.1 Å². The van der Waals surface area contributed by atoms with Gasteiger partial charge in [-0.1, -0.05) is 36.4 Å². The molecule has 0 atom stereocenters. The Morgan fingerprint density at radius 3 is 2.09 bits per heavy atom. The van der Waals surface area contributed by atoms with E-state index in [0.29, 0.717) is 40.9 Å². The van der Waals surface area contributed by atoms with Gasteiger partial charge in [0.15, 0.2) is 0 Å². The summed E-state index contributed by atoms with van der Waals surface area (Å²) in [5.74, 6) is -0.241. The number of benzene rings is 3. The highest BCUT2D eigenvalue weighted by Gasteiger charge is 2.28. The molecule has 0 bridgehead atoms. The van der Waals surface area contributed by atoms with Crippen LogP contribution in [0.1, 0.15) is 28.9 Å². The fraction of sp³-hybridized carbons (Fsp3) is 0.185. The van der Waals surface area contributed by atoms with E-state index in [0.717, 1.165) is 23.6 Å². The molecule has 8 heteroatoms. The third-order valence-corrected chi connectivity index (χ3v) is 8.80. The molecule has 0 saturated carbocycles. The van der Waals surface area contributed by atoms with Gasteiger partial charge >= 0.3 is 0 Å². The molecule has 1 fully saturated rings. The second kappa shape index (κ2) is 7.90. The van der Waals surface area contributed by atoms with Crippen LogP contribution in [0, 0.1) is 0 Å². The molecular formula is C27H23N3O4S. The van der Waals surface area contributed by atoms with Crippen LogP contribution in [0.5, 0.6) is 0 Å². The number of fused-ring (bicyclic) bond motifs is 5. The van der Waals surface area contributed by atoms with E-state index in [1.165, 1.54) is 16.4 Å². The summed E-state index contributed by atoms with van der Waals surface area (Å²) in [6.45, 7) is 1.05. The molecule has 7 nitrogen and oxygen atoms in total. The molecule has 6 rings (SSSR count). The van der Waals surface area contributed by atoms with Crippen molar-refractivity contribution in [1.29, 1.82) is 0 Å². The van der Waals surface area contributed by atoms with Gasteiger partial charge in [0.05, 0.1) is 15.8 Å². The van der Waals surface area contributed by atoms with Crippen molar-refractivity contribution in [2.24, 2.45) is 7.05 Å². The highest BCUT2D eigenvalue weighted by molar-refractivity contribution is 7.89. The van der Waals surface area contributed by atoms with Gasteiger partial charge in [-0.25, -0.2) is 8.42 Å². The number of carbonyl (C=O) groups is 1. The quantitative estimate of drug-likeness (QED) is 0.361. The average Bonchev–Trinajstić information content (AvgIpc) is 3.54. The summed E-state index contributed by atoms with van der Waals surface area (Å²) in [7, 11) is -1.85. The van der Waals surface area contributed by atoms with Crippen LogP contribution in [0.4, 0.5) is 0 Å². The Hall–Kier alpha value is -3.75. The maximum atomic E-state index is 13.9. The van der Waals surface area contributed by atoms with Crippen LogP contribution in [0.3, 0.4) is 0 Å². The van der Waals surface area contributed by atoms with E-state index in [1.54, 1.807) is 35.9 Å². The minimum atomic E-state index is -3.56. The molecule has 0 unspecified atom stereocenters. The number of ketones is 1. The molecule has 0 spiro atoms. The molecule has 176 valence electrons. The van der Waals surface area contributed by atoms with Crippen molar-refractivity contribution in [3.63, 3.8) is 0 Å². The van der Waals surface area contributed by atoms with Crippen LogP contribution in [0.25, 0.3) is 27.3 Å². The van der Waals surface area contributed by atoms with E-state index in [4.69, 9.17) is 0 Å². The molecule has 5 aromatic rings. The first-order valence-electron chi connectivity index (χ1n) is 11.6. The second-order valence-corrected chi connectivity index (χ2v) is 10.8. The van der Waals surface area contributed by atoms with E-state index in [1.807, 2.05) is 40.8 Å². The van der Waals surface area contributed by atoms with Gasteiger partial charge in [-0.15, -0.1) is 0 Å². The smallest absolute Gasteiger partial charge is 0.261 e. The summed E-state index contributed by atoms with van der Waals surface area (Å²) in [6.07, 6.45) is 1.72. The van der Waals surface area contributed by atoms with Crippen molar-refractivity contribution in [3.05, 3.63) is 94.4 Å². The fourth-order valence-corrected chi connectivity index (χ4v) is 6.66. The molecule has 0 amide bonds. The Kier molecular flexibility index (Phi) is 4.91. The van der Waals surface area contributed by atoms with Crippen LogP contribution >= 0.6 is 0 Å². The van der Waals surface area contributed by atoms with Gasteiger partial charge < -0.3 is 0 Å². The predicted molar refractivity (Wildman–Crippen MR) is 136 cm³/mol. The summed E-state index contributed by atoms with van der Waals surface area (Å²) in [4.78, 5) is 27.2. The Balaban J connectivity index is 1.57. The van der Waals surface area contributed by atoms with Crippen LogP contribution in [0.15, 0.2) is 82.5 Å². The molecule has 1 aliphatic rings. The molecule has 2 aromatic heterocycles. The number of hydrogen-bond acceptors (Lipinski definition) is 4. The zero-order valence-corrected chi connectivity index (χ0v) is 20.0. The highest BCUT2D eigenvalue weighted by Crippen LogP contribution is 2.31. The van der Waals surface area contributed by atoms with Crippen molar-refractivity contribution in [1.82, 2.24) is 13.3 Å². The van der Waals surface area contributed by atoms with Gasteiger partial charge in [-0.05, 0) is 49.2 Å². The number of nitrogens with zero attached hydrogens (tertiary/aromatic N) is 3. The van der Waals surface area contributed by atoms with Crippen molar-refractivity contribution in [2.75, 3.05) is 13.1 Å². The molecule has 3 aromatic carbocycles. The van der Waals surface area contributed by atoms with Crippen LogP contribution in [-0.2, 0) is 17.1 Å². The van der Waals surface area contributed by atoms with Gasteiger partial charge in [-0.3, -0.25) is 18.6 Å². The third kappa shape index (κ3) is 3.17. The average molecular weight is 486 g/mol. The van der Waals surface area contributed by atoms with Gasteiger partial charge in [0.25, 0.3) is 5.56 Å². The van der Waals surface area contributed by atoms with Crippen LogP contribution < -0.4 is 5.56 Å². The Morgan fingerprint density at radius 2 is 1.40 bits per heavy atom. The molecule has 0 N–H and O–H groups in total. The third-order valence-electron chi connectivity index (χ3n) is 6.89. The molecule has 0 aliphatic carbocycles. The SMILES string of the molecule is Cn1c(=O)c2ccccc2n2c(C(=O)c3ccc(S(=O)(=O)N4CCCC4)cc3)c3ccccc3c12. The van der Waals surface area contributed by atoms with E-state index in [9.17, 15) is 18.0 Å². The lowest BCUT2D eigenvalue weighted by atomic mass is 10.0. The van der Waals surface area contributed by atoms with Crippen molar-refractivity contribution < 1.29 is 13.2 Å². The molecule has 0 radical (unpaired) electrons. The number of rotatable bonds is 4. The topological polar surface area (TPSA) is 80.9 Å². The monoisotopic (exact) mass is 485 g/mol. The second-order valence-electron chi connectivity index (χ2n) is 8.90. The Labute approximate surface area is 201 Å². The van der Waals surface area contributed by atoms with E-state index in [-0.39, 0.29) is 16.2 Å². The summed E-state index contributed by atoms with van der Waals surface area (Å²) in [5, 5.41) is 2.05. The molecule has 35 heavy (non-hydrogen) atoms. The molecular weight excluding hydrogens is 462 g/mol. The summed E-state index contributed by atoms with van der Waals surface area (Å²) < 4.78 is 30.7. The highest BCUT2D eigenvalue weighted by atomic mass is 32.2. The van der Waals surface area contributed by atoms with Gasteiger partial charge in [0.1, 0.15) is 11.3 Å². The van der Waals surface area contributed by atoms with Gasteiger partial charge in [-0.2, -0.15) is 4.31 Å². The van der Waals surface area contributed by atoms with Crippen molar-refractivity contribution in [2.45, 2.75) is 17.7 Å². The number of para-hydroxylation sites is 1. The lowest BCUT2D eigenvalue weighted by molar-refractivity contribution is 0.103. The summed E-state index contributed by atoms with van der Waals surface area (Å²) in [6, 6.07) is 20.9. The number of carbonyl (C=O) groups excluding carboxylic acids is 1. The first kappa shape index (κ1) is 21.8. The van der Waals surface area contributed by atoms with Gasteiger partial charge in [0.2, 0.25) is 15.8 Å². The van der Waals surface area contributed by atoms with E-state index >= 15 is 0 Å². The maximum absolute atomic E-state index is 13.9. The standard InChI is InChI=1S/C27H23N3O4S/c1-28-26-21-9-3-2-8-20(21)24(30(26)23-11-5-4-10-22(23)27(28)32)25(31)18-12-14-19(15-13-18)35(33,34)29-16-6-7-17-29/h2-5,8-15H,6-7,16-17H2,1H3. The Morgan fingerprint density at radius 1 is 0.800 bits per heavy atom. The first-order chi connectivity index (χ1) is 16.9. The van der Waals surface area contributed by atoms with E-state index < -0.39 is 10.0 Å². The molecule has 3 heterocycles. The Bertz CT molecular complexity index is 1810. The zero-order valence-electron chi connectivity index (χ0n) is 19.1. The summed E-state index contributed by atoms with van der Waals surface area (Å²) >= 11 is 0. The van der Waals surface area contributed by atoms with Crippen LogP contribution in [-0.4, -0.2) is 40.6 Å². The lowest BCUT2D eigenvalue weighted by Crippen LogP contribution is -2.27. The number of aromatic nitrogens is 2.